The normalized spacial score (nSPS) is 29.6. The smallest absolute Gasteiger partial charge is 0.214 e. The second kappa shape index (κ2) is 6.92. The van der Waals surface area contributed by atoms with Gasteiger partial charge in [-0.25, -0.2) is 13.4 Å². The van der Waals surface area contributed by atoms with Gasteiger partial charge in [0.1, 0.15) is 5.01 Å². The van der Waals surface area contributed by atoms with Crippen LogP contribution in [0.3, 0.4) is 0 Å². The lowest BCUT2D eigenvalue weighted by molar-refractivity contribution is -0.0639. The summed E-state index contributed by atoms with van der Waals surface area (Å²) in [6, 6.07) is -0.0211. The molecule has 2 fully saturated rings. The van der Waals surface area contributed by atoms with Crippen LogP contribution in [-0.4, -0.2) is 55.4 Å². The highest BCUT2D eigenvalue weighted by atomic mass is 32.2. The summed E-state index contributed by atoms with van der Waals surface area (Å²) in [5.41, 5.74) is 0. The number of aromatic nitrogens is 1. The molecular formula is C14H22N2O4S2. The van der Waals surface area contributed by atoms with Gasteiger partial charge in [-0.1, -0.05) is 0 Å². The highest BCUT2D eigenvalue weighted by molar-refractivity contribution is 7.89. The van der Waals surface area contributed by atoms with E-state index < -0.39 is 10.0 Å². The van der Waals surface area contributed by atoms with Gasteiger partial charge in [0, 0.05) is 24.0 Å². The fourth-order valence-electron chi connectivity index (χ4n) is 3.34. The molecule has 0 bridgehead atoms. The molecule has 22 heavy (non-hydrogen) atoms. The quantitative estimate of drug-likeness (QED) is 0.780. The van der Waals surface area contributed by atoms with Crippen LogP contribution in [0.25, 0.3) is 0 Å². The Bertz CT molecular complexity index is 576. The SMILES string of the molecule is CCS(=O)(=O)N1CCO[C@@H]2[C@H](COCc3nccs3)CC[C@H]21. The number of nitrogens with zero attached hydrogens (tertiary/aromatic N) is 2. The van der Waals surface area contributed by atoms with Crippen LogP contribution in [0.15, 0.2) is 11.6 Å². The standard InChI is InChI=1S/C14H22N2O4S2/c1-2-22(17,18)16-6-7-20-14-11(3-4-12(14)16)9-19-10-13-15-5-8-21-13/h5,8,11-12,14H,2-4,6-7,9-10H2,1H3/t11-,12+,14+/m0/s1. The van der Waals surface area contributed by atoms with E-state index in [0.29, 0.717) is 26.4 Å². The minimum absolute atomic E-state index is 0.0211. The molecule has 0 unspecified atom stereocenters. The van der Waals surface area contributed by atoms with E-state index in [0.717, 1.165) is 17.8 Å². The summed E-state index contributed by atoms with van der Waals surface area (Å²) in [4.78, 5) is 4.19. The van der Waals surface area contributed by atoms with Crippen molar-refractivity contribution in [1.29, 1.82) is 0 Å². The fraction of sp³-hybridized carbons (Fsp3) is 0.786. The van der Waals surface area contributed by atoms with Crippen molar-refractivity contribution in [2.45, 2.75) is 38.5 Å². The van der Waals surface area contributed by atoms with Crippen LogP contribution in [0.5, 0.6) is 0 Å². The number of hydrogen-bond acceptors (Lipinski definition) is 6. The summed E-state index contributed by atoms with van der Waals surface area (Å²) in [6.45, 7) is 3.76. The summed E-state index contributed by atoms with van der Waals surface area (Å²) in [7, 11) is -3.15. The molecule has 1 saturated heterocycles. The molecule has 2 heterocycles. The Morgan fingerprint density at radius 3 is 3.09 bits per heavy atom. The zero-order chi connectivity index (χ0) is 15.6. The second-order valence-electron chi connectivity index (χ2n) is 5.69. The zero-order valence-corrected chi connectivity index (χ0v) is 14.3. The number of ether oxygens (including phenoxy) is 2. The molecule has 0 amide bonds. The Labute approximate surface area is 135 Å². The molecule has 1 aromatic heterocycles. The summed E-state index contributed by atoms with van der Waals surface area (Å²) >= 11 is 1.58. The number of hydrogen-bond donors (Lipinski definition) is 0. The maximum atomic E-state index is 12.2. The number of fused-ring (bicyclic) bond motifs is 1. The first kappa shape index (κ1) is 16.3. The van der Waals surface area contributed by atoms with Crippen LogP contribution in [0, 0.1) is 5.92 Å². The van der Waals surface area contributed by atoms with Crippen LogP contribution in [0.4, 0.5) is 0 Å². The van der Waals surface area contributed by atoms with E-state index in [1.165, 1.54) is 0 Å². The van der Waals surface area contributed by atoms with Crippen molar-refractivity contribution < 1.29 is 17.9 Å². The summed E-state index contributed by atoms with van der Waals surface area (Å²) in [5, 5.41) is 2.90. The molecule has 3 atom stereocenters. The van der Waals surface area contributed by atoms with Crippen molar-refractivity contribution >= 4 is 21.4 Å². The highest BCUT2D eigenvalue weighted by Gasteiger charge is 2.46. The first-order chi connectivity index (χ1) is 10.6. The highest BCUT2D eigenvalue weighted by Crippen LogP contribution is 2.36. The van der Waals surface area contributed by atoms with Gasteiger partial charge in [-0.15, -0.1) is 11.3 Å². The molecule has 8 heteroatoms. The minimum Gasteiger partial charge on any atom is -0.375 e. The van der Waals surface area contributed by atoms with Gasteiger partial charge in [-0.2, -0.15) is 4.31 Å². The van der Waals surface area contributed by atoms with Gasteiger partial charge < -0.3 is 9.47 Å². The third-order valence-electron chi connectivity index (χ3n) is 4.43. The molecular weight excluding hydrogens is 324 g/mol. The Balaban J connectivity index is 1.58. The van der Waals surface area contributed by atoms with Gasteiger partial charge in [0.05, 0.1) is 37.7 Å². The summed E-state index contributed by atoms with van der Waals surface area (Å²) < 4.78 is 37.7. The molecule has 1 aromatic rings. The Morgan fingerprint density at radius 2 is 2.36 bits per heavy atom. The fourth-order valence-corrected chi connectivity index (χ4v) is 5.21. The summed E-state index contributed by atoms with van der Waals surface area (Å²) in [5.74, 6) is 0.418. The van der Waals surface area contributed by atoms with E-state index in [2.05, 4.69) is 4.98 Å². The predicted molar refractivity (Wildman–Crippen MR) is 84.2 cm³/mol. The van der Waals surface area contributed by atoms with Crippen molar-refractivity contribution in [3.05, 3.63) is 16.6 Å². The van der Waals surface area contributed by atoms with Gasteiger partial charge in [0.2, 0.25) is 10.0 Å². The van der Waals surface area contributed by atoms with Gasteiger partial charge in [0.25, 0.3) is 0 Å². The summed E-state index contributed by atoms with van der Waals surface area (Å²) in [6.07, 6.45) is 3.54. The Kier molecular flexibility index (Phi) is 5.13. The maximum absolute atomic E-state index is 12.2. The number of morpholine rings is 1. The number of rotatable bonds is 6. The molecule has 1 aliphatic carbocycles. The van der Waals surface area contributed by atoms with Crippen molar-refractivity contribution in [2.75, 3.05) is 25.5 Å². The van der Waals surface area contributed by atoms with Crippen molar-refractivity contribution in [2.24, 2.45) is 5.92 Å². The second-order valence-corrected chi connectivity index (χ2v) is 8.88. The van der Waals surface area contributed by atoms with E-state index in [1.54, 1.807) is 28.8 Å². The first-order valence-electron chi connectivity index (χ1n) is 7.69. The van der Waals surface area contributed by atoms with Gasteiger partial charge in [-0.3, -0.25) is 0 Å². The van der Waals surface area contributed by atoms with E-state index >= 15 is 0 Å². The van der Waals surface area contributed by atoms with E-state index in [9.17, 15) is 8.42 Å². The molecule has 124 valence electrons. The lowest BCUT2D eigenvalue weighted by atomic mass is 10.1. The average molecular weight is 346 g/mol. The van der Waals surface area contributed by atoms with Crippen molar-refractivity contribution in [1.82, 2.24) is 9.29 Å². The van der Waals surface area contributed by atoms with Crippen LogP contribution < -0.4 is 0 Å². The average Bonchev–Trinajstić information content (AvgIpc) is 3.17. The maximum Gasteiger partial charge on any atom is 0.214 e. The molecule has 0 aromatic carbocycles. The lowest BCUT2D eigenvalue weighted by Crippen LogP contribution is -2.53. The molecule has 6 nitrogen and oxygen atoms in total. The molecule has 1 saturated carbocycles. The van der Waals surface area contributed by atoms with Crippen LogP contribution in [-0.2, 0) is 26.1 Å². The van der Waals surface area contributed by atoms with Crippen LogP contribution >= 0.6 is 11.3 Å². The van der Waals surface area contributed by atoms with Crippen molar-refractivity contribution in [3.8, 4) is 0 Å². The Hall–Kier alpha value is -0.540. The molecule has 1 aliphatic heterocycles. The largest absolute Gasteiger partial charge is 0.375 e. The number of sulfonamides is 1. The monoisotopic (exact) mass is 346 g/mol. The lowest BCUT2D eigenvalue weighted by Gasteiger charge is -2.38. The minimum atomic E-state index is -3.15. The van der Waals surface area contributed by atoms with E-state index in [4.69, 9.17) is 9.47 Å². The van der Waals surface area contributed by atoms with Gasteiger partial charge in [-0.05, 0) is 19.8 Å². The molecule has 2 aliphatic rings. The third-order valence-corrected chi connectivity index (χ3v) is 7.08. The van der Waals surface area contributed by atoms with Gasteiger partial charge in [0.15, 0.2) is 0 Å². The first-order valence-corrected chi connectivity index (χ1v) is 10.2. The number of thiazole rings is 1. The Morgan fingerprint density at radius 1 is 1.50 bits per heavy atom. The van der Waals surface area contributed by atoms with E-state index in [1.807, 2.05) is 5.38 Å². The topological polar surface area (TPSA) is 68.7 Å². The molecule has 3 rings (SSSR count). The van der Waals surface area contributed by atoms with Gasteiger partial charge >= 0.3 is 0 Å². The molecule has 0 N–H and O–H groups in total. The van der Waals surface area contributed by atoms with Crippen molar-refractivity contribution in [3.63, 3.8) is 0 Å². The molecule has 0 radical (unpaired) electrons. The predicted octanol–water partition coefficient (Wildman–Crippen LogP) is 1.49. The zero-order valence-electron chi connectivity index (χ0n) is 12.7. The van der Waals surface area contributed by atoms with E-state index in [-0.39, 0.29) is 23.8 Å². The molecule has 0 spiro atoms. The van der Waals surface area contributed by atoms with Crippen LogP contribution in [0.1, 0.15) is 24.8 Å². The third kappa shape index (κ3) is 3.35. The van der Waals surface area contributed by atoms with Crippen LogP contribution in [0.2, 0.25) is 0 Å².